The maximum absolute atomic E-state index is 12.0. The van der Waals surface area contributed by atoms with Crippen molar-refractivity contribution in [3.63, 3.8) is 0 Å². The molecule has 23 heavy (non-hydrogen) atoms. The zero-order valence-electron chi connectivity index (χ0n) is 12.6. The fraction of sp³-hybridized carbons (Fsp3) is 0.133. The van der Waals surface area contributed by atoms with Gasteiger partial charge < -0.3 is 4.42 Å². The molecule has 1 aromatic carbocycles. The van der Waals surface area contributed by atoms with Crippen LogP contribution in [-0.2, 0) is 0 Å². The third-order valence-electron chi connectivity index (χ3n) is 3.31. The normalized spacial score (nSPS) is 11.5. The highest BCUT2D eigenvalue weighted by atomic mass is 16.3. The summed E-state index contributed by atoms with van der Waals surface area (Å²) in [4.78, 5) is 12.0. The Hall–Kier alpha value is -3.29. The van der Waals surface area contributed by atoms with Crippen LogP contribution in [0.4, 0.5) is 0 Å². The molecule has 116 valence electrons. The molecule has 0 atom stereocenters. The number of carbonyl (C=O) groups is 1. The molecule has 0 unspecified atom stereocenters. The minimum Gasteiger partial charge on any atom is -0.469 e. The van der Waals surface area contributed by atoms with Gasteiger partial charge in [-0.25, -0.2) is 10.1 Å². The largest absolute Gasteiger partial charge is 0.469 e. The van der Waals surface area contributed by atoms with E-state index < -0.39 is 0 Å². The number of nitrogens with one attached hydrogen (secondary N) is 1. The van der Waals surface area contributed by atoms with Gasteiger partial charge in [0.25, 0.3) is 5.91 Å². The van der Waals surface area contributed by atoms with E-state index in [2.05, 4.69) is 26.1 Å². The lowest BCUT2D eigenvalue weighted by molar-refractivity contribution is 0.0953. The number of aromatic nitrogens is 4. The Bertz CT molecular complexity index is 850. The van der Waals surface area contributed by atoms with E-state index in [1.165, 1.54) is 12.6 Å². The molecule has 1 N–H and O–H groups in total. The summed E-state index contributed by atoms with van der Waals surface area (Å²) < 4.78 is 6.65. The number of benzene rings is 1. The average Bonchev–Trinajstić information content (AvgIpc) is 3.24. The van der Waals surface area contributed by atoms with Gasteiger partial charge in [-0.2, -0.15) is 5.10 Å². The molecule has 2 heterocycles. The number of hydrogen-bond donors (Lipinski definition) is 1. The monoisotopic (exact) mass is 310 g/mol. The summed E-state index contributed by atoms with van der Waals surface area (Å²) >= 11 is 0. The Balaban J connectivity index is 1.78. The zero-order valence-corrected chi connectivity index (χ0v) is 12.6. The molecule has 0 radical (unpaired) electrons. The first-order valence-corrected chi connectivity index (χ1v) is 6.87. The van der Waals surface area contributed by atoms with E-state index in [0.29, 0.717) is 17.0 Å². The predicted octanol–water partition coefficient (Wildman–Crippen LogP) is 1.72. The van der Waals surface area contributed by atoms with E-state index in [9.17, 15) is 4.79 Å². The summed E-state index contributed by atoms with van der Waals surface area (Å²) in [7, 11) is 0. The van der Waals surface area contributed by atoms with Crippen LogP contribution >= 0.6 is 0 Å². The highest BCUT2D eigenvalue weighted by Crippen LogP contribution is 2.11. The second-order valence-corrected chi connectivity index (χ2v) is 4.83. The van der Waals surface area contributed by atoms with E-state index in [1.807, 2.05) is 24.3 Å². The first-order valence-electron chi connectivity index (χ1n) is 6.87. The topological polar surface area (TPSA) is 98.2 Å². The SMILES string of the molecule is C/C(=N\NC(=O)c1ccoc1C)c1cccc(-n2cnnn2)c1. The Kier molecular flexibility index (Phi) is 3.96. The van der Waals surface area contributed by atoms with Crippen LogP contribution in [0.1, 0.15) is 28.6 Å². The van der Waals surface area contributed by atoms with Crippen LogP contribution in [0.25, 0.3) is 5.69 Å². The Labute approximate surface area is 131 Å². The van der Waals surface area contributed by atoms with Crippen LogP contribution in [0, 0.1) is 6.92 Å². The number of hydrazone groups is 1. The number of aryl methyl sites for hydroxylation is 1. The molecular weight excluding hydrogens is 296 g/mol. The Morgan fingerprint density at radius 3 is 2.91 bits per heavy atom. The number of tetrazole rings is 1. The van der Waals surface area contributed by atoms with Crippen LogP contribution in [0.2, 0.25) is 0 Å². The summed E-state index contributed by atoms with van der Waals surface area (Å²) in [5.41, 5.74) is 5.30. The predicted molar refractivity (Wildman–Crippen MR) is 82.3 cm³/mol. The fourth-order valence-corrected chi connectivity index (χ4v) is 2.03. The van der Waals surface area contributed by atoms with Crippen molar-refractivity contribution in [1.82, 2.24) is 25.6 Å². The third-order valence-corrected chi connectivity index (χ3v) is 3.31. The second kappa shape index (κ2) is 6.22. The number of amides is 1. The molecule has 0 saturated carbocycles. The van der Waals surface area contributed by atoms with Gasteiger partial charge in [0.2, 0.25) is 0 Å². The summed E-state index contributed by atoms with van der Waals surface area (Å²) in [6, 6.07) is 9.12. The van der Waals surface area contributed by atoms with Gasteiger partial charge in [-0.15, -0.1) is 5.10 Å². The van der Waals surface area contributed by atoms with E-state index in [-0.39, 0.29) is 5.91 Å². The van der Waals surface area contributed by atoms with E-state index in [4.69, 9.17) is 4.42 Å². The second-order valence-electron chi connectivity index (χ2n) is 4.83. The molecule has 3 aromatic rings. The maximum atomic E-state index is 12.0. The van der Waals surface area contributed by atoms with Crippen molar-refractivity contribution in [2.24, 2.45) is 5.10 Å². The lowest BCUT2D eigenvalue weighted by Crippen LogP contribution is -2.19. The maximum Gasteiger partial charge on any atom is 0.274 e. The standard InChI is InChI=1S/C15H14N6O2/c1-10(17-18-15(22)14-6-7-23-11(14)2)12-4-3-5-13(8-12)21-9-16-19-20-21/h3-9H,1-2H3,(H,18,22)/b17-10+. The van der Waals surface area contributed by atoms with Crippen molar-refractivity contribution in [2.45, 2.75) is 13.8 Å². The molecule has 8 heteroatoms. The van der Waals surface area contributed by atoms with Crippen LogP contribution in [0.15, 0.2) is 52.4 Å². The lowest BCUT2D eigenvalue weighted by Gasteiger charge is -2.05. The van der Waals surface area contributed by atoms with Crippen LogP contribution in [0.3, 0.4) is 0 Å². The van der Waals surface area contributed by atoms with Crippen molar-refractivity contribution in [1.29, 1.82) is 0 Å². The summed E-state index contributed by atoms with van der Waals surface area (Å²) in [5, 5.41) is 15.2. The molecule has 0 spiro atoms. The zero-order chi connectivity index (χ0) is 16.2. The summed E-state index contributed by atoms with van der Waals surface area (Å²) in [5.74, 6) is 0.239. The van der Waals surface area contributed by atoms with Gasteiger partial charge in [0.05, 0.1) is 23.2 Å². The number of hydrogen-bond acceptors (Lipinski definition) is 6. The van der Waals surface area contributed by atoms with Gasteiger partial charge in [-0.1, -0.05) is 12.1 Å². The number of furan rings is 1. The van der Waals surface area contributed by atoms with Crippen molar-refractivity contribution < 1.29 is 9.21 Å². The van der Waals surface area contributed by atoms with Crippen LogP contribution < -0.4 is 5.43 Å². The highest BCUT2D eigenvalue weighted by molar-refractivity contribution is 6.01. The minimum absolute atomic E-state index is 0.313. The van der Waals surface area contributed by atoms with Gasteiger partial charge in [0.1, 0.15) is 12.1 Å². The molecule has 0 aliphatic rings. The summed E-state index contributed by atoms with van der Waals surface area (Å²) in [6.07, 6.45) is 2.98. The molecule has 0 fully saturated rings. The number of rotatable bonds is 4. The molecule has 0 aliphatic carbocycles. The molecule has 0 saturated heterocycles. The van der Waals surface area contributed by atoms with Crippen LogP contribution in [-0.4, -0.2) is 31.8 Å². The van der Waals surface area contributed by atoms with E-state index >= 15 is 0 Å². The van der Waals surface area contributed by atoms with Crippen LogP contribution in [0.5, 0.6) is 0 Å². The van der Waals surface area contributed by atoms with Gasteiger partial charge in [-0.05, 0) is 48.0 Å². The lowest BCUT2D eigenvalue weighted by atomic mass is 10.1. The fourth-order valence-electron chi connectivity index (χ4n) is 2.03. The third kappa shape index (κ3) is 3.15. The molecule has 2 aromatic heterocycles. The molecular formula is C15H14N6O2. The molecule has 1 amide bonds. The van der Waals surface area contributed by atoms with Crippen molar-refractivity contribution in [2.75, 3.05) is 0 Å². The molecule has 8 nitrogen and oxygen atoms in total. The van der Waals surface area contributed by atoms with E-state index in [1.54, 1.807) is 24.6 Å². The highest BCUT2D eigenvalue weighted by Gasteiger charge is 2.10. The van der Waals surface area contributed by atoms with Gasteiger partial charge in [-0.3, -0.25) is 4.79 Å². The van der Waals surface area contributed by atoms with E-state index in [0.717, 1.165) is 11.3 Å². The quantitative estimate of drug-likeness (QED) is 0.584. The average molecular weight is 310 g/mol. The number of nitrogens with zero attached hydrogens (tertiary/aromatic N) is 5. The first-order chi connectivity index (χ1) is 11.1. The molecule has 0 bridgehead atoms. The first kappa shape index (κ1) is 14.6. The smallest absolute Gasteiger partial charge is 0.274 e. The molecule has 0 aliphatic heterocycles. The summed E-state index contributed by atoms with van der Waals surface area (Å²) in [6.45, 7) is 3.53. The number of carbonyl (C=O) groups excluding carboxylic acids is 1. The minimum atomic E-state index is -0.313. The van der Waals surface area contributed by atoms with Crippen molar-refractivity contribution in [3.05, 3.63) is 59.8 Å². The van der Waals surface area contributed by atoms with Gasteiger partial charge in [0.15, 0.2) is 0 Å². The Morgan fingerprint density at radius 2 is 2.22 bits per heavy atom. The van der Waals surface area contributed by atoms with Crippen molar-refractivity contribution in [3.8, 4) is 5.69 Å². The van der Waals surface area contributed by atoms with Gasteiger partial charge in [0, 0.05) is 0 Å². The van der Waals surface area contributed by atoms with Crippen molar-refractivity contribution >= 4 is 11.6 Å². The van der Waals surface area contributed by atoms with Gasteiger partial charge >= 0.3 is 0 Å². The molecule has 3 rings (SSSR count). The Morgan fingerprint density at radius 1 is 1.35 bits per heavy atom.